The van der Waals surface area contributed by atoms with E-state index in [0.29, 0.717) is 5.92 Å². The molecule has 0 saturated carbocycles. The van der Waals surface area contributed by atoms with Crippen LogP contribution in [0, 0.1) is 11.3 Å². The Morgan fingerprint density at radius 3 is 2.15 bits per heavy atom. The summed E-state index contributed by atoms with van der Waals surface area (Å²) in [6.07, 6.45) is 0.885. The van der Waals surface area contributed by atoms with Crippen LogP contribution >= 0.6 is 0 Å². The molecule has 0 aliphatic rings. The molecule has 0 heterocycles. The van der Waals surface area contributed by atoms with Gasteiger partial charge < -0.3 is 10.4 Å². The smallest absolute Gasteiger partial charge is 0.310 e. The number of nitrogens with one attached hydrogen (secondary N) is 1. The molecule has 2 N–H and O–H groups in total. The number of carboxylic acids is 1. The molecule has 0 radical (unpaired) electrons. The summed E-state index contributed by atoms with van der Waals surface area (Å²) >= 11 is 0. The van der Waals surface area contributed by atoms with Gasteiger partial charge in [0.25, 0.3) is 0 Å². The standard InChI is InChI=1S/C10H21NO2/c1-7(2)6-8(11-5)10(3,4)9(12)13/h7-8,11H,6H2,1-5H3,(H,12,13). The van der Waals surface area contributed by atoms with E-state index in [-0.39, 0.29) is 6.04 Å². The molecule has 78 valence electrons. The van der Waals surface area contributed by atoms with Crippen molar-refractivity contribution in [2.45, 2.75) is 40.2 Å². The maximum Gasteiger partial charge on any atom is 0.310 e. The topological polar surface area (TPSA) is 49.3 Å². The highest BCUT2D eigenvalue weighted by Gasteiger charge is 2.35. The molecule has 3 nitrogen and oxygen atoms in total. The molecule has 3 heteroatoms. The van der Waals surface area contributed by atoms with Crippen LogP contribution in [-0.4, -0.2) is 24.2 Å². The zero-order chi connectivity index (χ0) is 10.6. The van der Waals surface area contributed by atoms with Crippen LogP contribution in [0.3, 0.4) is 0 Å². The molecule has 0 aromatic rings. The van der Waals surface area contributed by atoms with Crippen molar-refractivity contribution in [1.29, 1.82) is 0 Å². The van der Waals surface area contributed by atoms with Gasteiger partial charge in [-0.05, 0) is 33.2 Å². The van der Waals surface area contributed by atoms with Crippen molar-refractivity contribution in [2.24, 2.45) is 11.3 Å². The maximum atomic E-state index is 11.0. The van der Waals surface area contributed by atoms with Gasteiger partial charge in [0.05, 0.1) is 5.41 Å². The Balaban J connectivity index is 4.46. The Labute approximate surface area is 80.5 Å². The summed E-state index contributed by atoms with van der Waals surface area (Å²) in [6, 6.07) is 0.0324. The average molecular weight is 187 g/mol. The lowest BCUT2D eigenvalue weighted by atomic mass is 9.80. The van der Waals surface area contributed by atoms with Crippen LogP contribution < -0.4 is 5.32 Å². The minimum absolute atomic E-state index is 0.0324. The molecular weight excluding hydrogens is 166 g/mol. The number of rotatable bonds is 5. The van der Waals surface area contributed by atoms with Crippen molar-refractivity contribution in [3.63, 3.8) is 0 Å². The van der Waals surface area contributed by atoms with Crippen molar-refractivity contribution in [3.05, 3.63) is 0 Å². The second kappa shape index (κ2) is 4.61. The summed E-state index contributed by atoms with van der Waals surface area (Å²) in [5.74, 6) is -0.233. The summed E-state index contributed by atoms with van der Waals surface area (Å²) in [5, 5.41) is 12.1. The highest BCUT2D eigenvalue weighted by molar-refractivity contribution is 5.74. The van der Waals surface area contributed by atoms with Gasteiger partial charge in [-0.1, -0.05) is 13.8 Å². The number of aliphatic carboxylic acids is 1. The monoisotopic (exact) mass is 187 g/mol. The molecule has 0 rings (SSSR count). The van der Waals surface area contributed by atoms with Crippen molar-refractivity contribution < 1.29 is 9.90 Å². The number of carbonyl (C=O) groups is 1. The van der Waals surface area contributed by atoms with Crippen LogP contribution in [0.2, 0.25) is 0 Å². The zero-order valence-corrected chi connectivity index (χ0v) is 9.22. The summed E-state index contributed by atoms with van der Waals surface area (Å²) in [5.41, 5.74) is -0.695. The van der Waals surface area contributed by atoms with Gasteiger partial charge in [-0.25, -0.2) is 0 Å². The van der Waals surface area contributed by atoms with E-state index in [4.69, 9.17) is 5.11 Å². The average Bonchev–Trinajstić information content (AvgIpc) is 1.99. The lowest BCUT2D eigenvalue weighted by molar-refractivity contribution is -0.148. The van der Waals surface area contributed by atoms with E-state index in [0.717, 1.165) is 6.42 Å². The van der Waals surface area contributed by atoms with Gasteiger partial charge in [-0.15, -0.1) is 0 Å². The first kappa shape index (κ1) is 12.4. The van der Waals surface area contributed by atoms with E-state index in [9.17, 15) is 4.79 Å². The van der Waals surface area contributed by atoms with Gasteiger partial charge >= 0.3 is 5.97 Å². The highest BCUT2D eigenvalue weighted by Crippen LogP contribution is 2.25. The highest BCUT2D eigenvalue weighted by atomic mass is 16.4. The predicted molar refractivity (Wildman–Crippen MR) is 53.7 cm³/mol. The number of hydrogen-bond acceptors (Lipinski definition) is 2. The lowest BCUT2D eigenvalue weighted by Gasteiger charge is -2.31. The van der Waals surface area contributed by atoms with E-state index in [1.54, 1.807) is 13.8 Å². The maximum absolute atomic E-state index is 11.0. The minimum Gasteiger partial charge on any atom is -0.481 e. The Bertz CT molecular complexity index is 176. The molecule has 0 fully saturated rings. The van der Waals surface area contributed by atoms with E-state index < -0.39 is 11.4 Å². The molecule has 0 aliphatic carbocycles. The van der Waals surface area contributed by atoms with Crippen LogP contribution in [0.5, 0.6) is 0 Å². The molecule has 0 aromatic heterocycles. The molecule has 0 bridgehead atoms. The van der Waals surface area contributed by atoms with Gasteiger partial charge in [-0.3, -0.25) is 4.79 Å². The summed E-state index contributed by atoms with van der Waals surface area (Å²) in [6.45, 7) is 7.72. The summed E-state index contributed by atoms with van der Waals surface area (Å²) in [7, 11) is 1.82. The second-order valence-corrected chi connectivity index (χ2v) is 4.50. The molecule has 0 aromatic carbocycles. The third kappa shape index (κ3) is 3.35. The number of hydrogen-bond donors (Lipinski definition) is 2. The van der Waals surface area contributed by atoms with Crippen molar-refractivity contribution in [1.82, 2.24) is 5.32 Å². The number of carboxylic acid groups (broad SMARTS) is 1. The van der Waals surface area contributed by atoms with Crippen molar-refractivity contribution in [3.8, 4) is 0 Å². The predicted octanol–water partition coefficient (Wildman–Crippen LogP) is 1.73. The van der Waals surface area contributed by atoms with Crippen molar-refractivity contribution >= 4 is 5.97 Å². The van der Waals surface area contributed by atoms with Gasteiger partial charge in [0.2, 0.25) is 0 Å². The van der Waals surface area contributed by atoms with Crippen LogP contribution in [0.1, 0.15) is 34.1 Å². The summed E-state index contributed by atoms with van der Waals surface area (Å²) < 4.78 is 0. The third-order valence-corrected chi connectivity index (χ3v) is 2.48. The normalized spacial score (nSPS) is 14.6. The van der Waals surface area contributed by atoms with Gasteiger partial charge in [0, 0.05) is 6.04 Å². The SMILES string of the molecule is CNC(CC(C)C)C(C)(C)C(=O)O. The van der Waals surface area contributed by atoms with Gasteiger partial charge in [0.15, 0.2) is 0 Å². The fraction of sp³-hybridized carbons (Fsp3) is 0.900. The zero-order valence-electron chi connectivity index (χ0n) is 9.22. The molecule has 0 aliphatic heterocycles. The Hall–Kier alpha value is -0.570. The largest absolute Gasteiger partial charge is 0.481 e. The summed E-state index contributed by atoms with van der Waals surface area (Å²) in [4.78, 5) is 11.0. The first-order chi connectivity index (χ1) is 5.82. The van der Waals surface area contributed by atoms with Crippen molar-refractivity contribution in [2.75, 3.05) is 7.05 Å². The lowest BCUT2D eigenvalue weighted by Crippen LogP contribution is -2.45. The van der Waals surface area contributed by atoms with Crippen LogP contribution in [-0.2, 0) is 4.79 Å². The van der Waals surface area contributed by atoms with Gasteiger partial charge in [0.1, 0.15) is 0 Å². The fourth-order valence-corrected chi connectivity index (χ4v) is 1.39. The third-order valence-electron chi connectivity index (χ3n) is 2.48. The molecular formula is C10H21NO2. The van der Waals surface area contributed by atoms with E-state index in [2.05, 4.69) is 19.2 Å². The van der Waals surface area contributed by atoms with E-state index in [1.807, 2.05) is 7.05 Å². The molecule has 1 atom stereocenters. The van der Waals surface area contributed by atoms with Crippen LogP contribution in [0.15, 0.2) is 0 Å². The minimum atomic E-state index is -0.743. The Morgan fingerprint density at radius 2 is 1.92 bits per heavy atom. The fourth-order valence-electron chi connectivity index (χ4n) is 1.39. The Morgan fingerprint density at radius 1 is 1.46 bits per heavy atom. The molecule has 0 spiro atoms. The molecule has 13 heavy (non-hydrogen) atoms. The first-order valence-electron chi connectivity index (χ1n) is 4.73. The van der Waals surface area contributed by atoms with E-state index in [1.165, 1.54) is 0 Å². The van der Waals surface area contributed by atoms with Crippen LogP contribution in [0.4, 0.5) is 0 Å². The van der Waals surface area contributed by atoms with Gasteiger partial charge in [-0.2, -0.15) is 0 Å². The second-order valence-electron chi connectivity index (χ2n) is 4.50. The van der Waals surface area contributed by atoms with Crippen LogP contribution in [0.25, 0.3) is 0 Å². The molecule has 0 saturated heterocycles. The molecule has 0 amide bonds. The first-order valence-corrected chi connectivity index (χ1v) is 4.73. The molecule has 1 unspecified atom stereocenters. The Kier molecular flexibility index (Phi) is 4.40. The quantitative estimate of drug-likeness (QED) is 0.689. The van der Waals surface area contributed by atoms with E-state index >= 15 is 0 Å².